The number of aromatic nitrogens is 2. The van der Waals surface area contributed by atoms with Gasteiger partial charge in [-0.05, 0) is 7.05 Å². The van der Waals surface area contributed by atoms with Crippen LogP contribution in [0.2, 0.25) is 0 Å². The summed E-state index contributed by atoms with van der Waals surface area (Å²) in [6, 6.07) is 0. The molecule has 3 rings (SSSR count). The van der Waals surface area contributed by atoms with Crippen LogP contribution in [0, 0.1) is 5.92 Å². The topological polar surface area (TPSA) is 82.8 Å². The second-order valence-corrected chi connectivity index (χ2v) is 6.58. The van der Waals surface area contributed by atoms with Crippen molar-refractivity contribution in [2.24, 2.45) is 5.92 Å². The number of hydrogen-bond acceptors (Lipinski definition) is 6. The molecule has 132 valence electrons. The van der Waals surface area contributed by atoms with E-state index in [1.54, 1.807) is 4.90 Å². The van der Waals surface area contributed by atoms with Gasteiger partial charge in [0, 0.05) is 58.5 Å². The summed E-state index contributed by atoms with van der Waals surface area (Å²) in [7, 11) is 2.07. The fraction of sp³-hybridized carbons (Fsp3) is 0.750. The maximum Gasteiger partial charge on any atom is 0.229 e. The Balaban J connectivity index is 1.39. The molecule has 0 saturated carbocycles. The fourth-order valence-electron chi connectivity index (χ4n) is 3.03. The largest absolute Gasteiger partial charge is 0.341 e. The molecule has 0 radical (unpaired) electrons. The summed E-state index contributed by atoms with van der Waals surface area (Å²) in [5, 5.41) is 3.82. The Morgan fingerprint density at radius 1 is 1.17 bits per heavy atom. The van der Waals surface area contributed by atoms with Crippen LogP contribution in [0.1, 0.15) is 25.1 Å². The molecule has 8 heteroatoms. The first-order valence-corrected chi connectivity index (χ1v) is 8.63. The average Bonchev–Trinajstić information content (AvgIpc) is 3.00. The van der Waals surface area contributed by atoms with Crippen LogP contribution in [0.4, 0.5) is 0 Å². The second-order valence-electron chi connectivity index (χ2n) is 6.58. The van der Waals surface area contributed by atoms with Crippen molar-refractivity contribution >= 4 is 11.8 Å². The minimum atomic E-state index is -0.0348. The van der Waals surface area contributed by atoms with Gasteiger partial charge in [-0.2, -0.15) is 4.98 Å². The number of amides is 2. The van der Waals surface area contributed by atoms with Gasteiger partial charge in [0.1, 0.15) is 0 Å². The van der Waals surface area contributed by atoms with Crippen molar-refractivity contribution in [3.63, 3.8) is 0 Å². The van der Waals surface area contributed by atoms with E-state index in [9.17, 15) is 9.59 Å². The summed E-state index contributed by atoms with van der Waals surface area (Å²) < 4.78 is 5.09. The van der Waals surface area contributed by atoms with Crippen molar-refractivity contribution in [2.75, 3.05) is 46.3 Å². The SMILES string of the molecule is CCc1noc(CCC(=O)N2CC(C(=O)N3CCN(C)CC3)C2)n1. The van der Waals surface area contributed by atoms with Crippen LogP contribution >= 0.6 is 0 Å². The molecule has 8 nitrogen and oxygen atoms in total. The zero-order valence-electron chi connectivity index (χ0n) is 14.4. The summed E-state index contributed by atoms with van der Waals surface area (Å²) in [6.45, 7) is 6.45. The summed E-state index contributed by atoms with van der Waals surface area (Å²) >= 11 is 0. The number of likely N-dealkylation sites (N-methyl/N-ethyl adjacent to an activating group) is 1. The van der Waals surface area contributed by atoms with E-state index in [0.717, 1.165) is 32.6 Å². The van der Waals surface area contributed by atoms with Crippen LogP contribution in [-0.4, -0.2) is 83.0 Å². The molecule has 2 aliphatic heterocycles. The summed E-state index contributed by atoms with van der Waals surface area (Å²) in [5.41, 5.74) is 0. The molecule has 1 aromatic heterocycles. The van der Waals surface area contributed by atoms with E-state index in [1.165, 1.54) is 0 Å². The highest BCUT2D eigenvalue weighted by atomic mass is 16.5. The molecule has 0 unspecified atom stereocenters. The smallest absolute Gasteiger partial charge is 0.229 e. The molecule has 0 spiro atoms. The summed E-state index contributed by atoms with van der Waals surface area (Å²) in [4.78, 5) is 34.7. The number of carbonyl (C=O) groups excluding carboxylic acids is 2. The molecule has 0 N–H and O–H groups in total. The Bertz CT molecular complexity index is 588. The lowest BCUT2D eigenvalue weighted by atomic mass is 9.97. The molecule has 0 atom stereocenters. The Hall–Kier alpha value is -1.96. The van der Waals surface area contributed by atoms with Crippen LogP contribution < -0.4 is 0 Å². The molecule has 0 aliphatic carbocycles. The predicted molar refractivity (Wildman–Crippen MR) is 86.1 cm³/mol. The first kappa shape index (κ1) is 16.9. The molecule has 2 saturated heterocycles. The van der Waals surface area contributed by atoms with Crippen molar-refractivity contribution < 1.29 is 14.1 Å². The lowest BCUT2D eigenvalue weighted by molar-refractivity contribution is -0.149. The molecule has 3 heterocycles. The first-order valence-electron chi connectivity index (χ1n) is 8.63. The minimum absolute atomic E-state index is 0.0348. The van der Waals surface area contributed by atoms with Crippen molar-refractivity contribution in [3.8, 4) is 0 Å². The van der Waals surface area contributed by atoms with Gasteiger partial charge in [0.25, 0.3) is 0 Å². The monoisotopic (exact) mass is 335 g/mol. The van der Waals surface area contributed by atoms with E-state index in [2.05, 4.69) is 22.1 Å². The van der Waals surface area contributed by atoms with E-state index < -0.39 is 0 Å². The standard InChI is InChI=1S/C16H25N5O3/c1-3-13-17-14(24-18-13)4-5-15(22)21-10-12(11-21)16(23)20-8-6-19(2)7-9-20/h12H,3-11H2,1-2H3. The normalized spacial score (nSPS) is 19.4. The Morgan fingerprint density at radius 2 is 1.88 bits per heavy atom. The first-order chi connectivity index (χ1) is 11.6. The Kier molecular flexibility index (Phi) is 5.13. The van der Waals surface area contributed by atoms with Gasteiger partial charge in [-0.1, -0.05) is 12.1 Å². The molecule has 2 fully saturated rings. The highest BCUT2D eigenvalue weighted by molar-refractivity contribution is 5.84. The third kappa shape index (κ3) is 3.75. The van der Waals surface area contributed by atoms with Gasteiger partial charge in [0.2, 0.25) is 17.7 Å². The number of likely N-dealkylation sites (tertiary alicyclic amines) is 1. The maximum atomic E-state index is 12.4. The minimum Gasteiger partial charge on any atom is -0.341 e. The lowest BCUT2D eigenvalue weighted by Crippen LogP contribution is -2.58. The third-order valence-electron chi connectivity index (χ3n) is 4.78. The quantitative estimate of drug-likeness (QED) is 0.741. The average molecular weight is 335 g/mol. The van der Waals surface area contributed by atoms with Crippen LogP contribution in [0.15, 0.2) is 4.52 Å². The van der Waals surface area contributed by atoms with Crippen molar-refractivity contribution in [1.29, 1.82) is 0 Å². The van der Waals surface area contributed by atoms with Crippen LogP contribution in [0.3, 0.4) is 0 Å². The van der Waals surface area contributed by atoms with Crippen molar-refractivity contribution in [1.82, 2.24) is 24.8 Å². The molecule has 24 heavy (non-hydrogen) atoms. The molecule has 1 aromatic rings. The van der Waals surface area contributed by atoms with E-state index in [0.29, 0.717) is 37.6 Å². The van der Waals surface area contributed by atoms with Gasteiger partial charge in [0.15, 0.2) is 5.82 Å². The molecule has 0 aromatic carbocycles. The molecule has 2 amide bonds. The van der Waals surface area contributed by atoms with Crippen molar-refractivity contribution in [2.45, 2.75) is 26.2 Å². The molecular weight excluding hydrogens is 310 g/mol. The number of rotatable bonds is 5. The number of hydrogen-bond donors (Lipinski definition) is 0. The van der Waals surface area contributed by atoms with Crippen molar-refractivity contribution in [3.05, 3.63) is 11.7 Å². The van der Waals surface area contributed by atoms with E-state index in [-0.39, 0.29) is 17.7 Å². The third-order valence-corrected chi connectivity index (χ3v) is 4.78. The van der Waals surface area contributed by atoms with Crippen LogP contribution in [0.25, 0.3) is 0 Å². The van der Waals surface area contributed by atoms with E-state index in [1.807, 2.05) is 11.8 Å². The molecule has 0 bridgehead atoms. The van der Waals surface area contributed by atoms with E-state index >= 15 is 0 Å². The second kappa shape index (κ2) is 7.29. The van der Waals surface area contributed by atoms with Gasteiger partial charge in [-0.25, -0.2) is 0 Å². The van der Waals surface area contributed by atoms with Gasteiger partial charge in [-0.15, -0.1) is 0 Å². The number of nitrogens with zero attached hydrogens (tertiary/aromatic N) is 5. The van der Waals surface area contributed by atoms with Crippen LogP contribution in [0.5, 0.6) is 0 Å². The van der Waals surface area contributed by atoms with Crippen LogP contribution in [-0.2, 0) is 22.4 Å². The predicted octanol–water partition coefficient (Wildman–Crippen LogP) is -0.203. The fourth-order valence-corrected chi connectivity index (χ4v) is 3.03. The van der Waals surface area contributed by atoms with Gasteiger partial charge >= 0.3 is 0 Å². The summed E-state index contributed by atoms with van der Waals surface area (Å²) in [6.07, 6.45) is 1.53. The van der Waals surface area contributed by atoms with E-state index in [4.69, 9.17) is 4.52 Å². The molecule has 2 aliphatic rings. The summed E-state index contributed by atoms with van der Waals surface area (Å²) in [5.74, 6) is 1.38. The van der Waals surface area contributed by atoms with Gasteiger partial charge < -0.3 is 19.2 Å². The lowest BCUT2D eigenvalue weighted by Gasteiger charge is -2.42. The molecular formula is C16H25N5O3. The Labute approximate surface area is 141 Å². The number of piperazine rings is 1. The number of carbonyl (C=O) groups is 2. The van der Waals surface area contributed by atoms with Gasteiger partial charge in [0.05, 0.1) is 5.92 Å². The zero-order chi connectivity index (χ0) is 17.1. The van der Waals surface area contributed by atoms with Gasteiger partial charge in [-0.3, -0.25) is 9.59 Å². The highest BCUT2D eigenvalue weighted by Crippen LogP contribution is 2.20. The highest BCUT2D eigenvalue weighted by Gasteiger charge is 2.38. The Morgan fingerprint density at radius 3 is 2.50 bits per heavy atom. The zero-order valence-corrected chi connectivity index (χ0v) is 14.4. The maximum absolute atomic E-state index is 12.4. The number of aryl methyl sites for hydroxylation is 2.